The second kappa shape index (κ2) is 9.52. The van der Waals surface area contributed by atoms with Crippen molar-refractivity contribution < 1.29 is 13.2 Å². The smallest absolute Gasteiger partial charge is 0.240 e. The van der Waals surface area contributed by atoms with Gasteiger partial charge in [0.05, 0.1) is 11.9 Å². The zero-order chi connectivity index (χ0) is 20.0. The van der Waals surface area contributed by atoms with Crippen LogP contribution in [0.3, 0.4) is 0 Å². The Labute approximate surface area is 163 Å². The molecule has 152 valence electrons. The second-order valence-electron chi connectivity index (χ2n) is 7.36. The van der Waals surface area contributed by atoms with Crippen LogP contribution in [0.4, 0.5) is 5.69 Å². The van der Waals surface area contributed by atoms with Crippen molar-refractivity contribution in [1.29, 1.82) is 0 Å². The number of aryl methyl sites for hydroxylation is 2. The van der Waals surface area contributed by atoms with Gasteiger partial charge >= 0.3 is 0 Å². The van der Waals surface area contributed by atoms with Crippen LogP contribution in [0.2, 0.25) is 0 Å². The molecule has 1 aromatic rings. The molecular formula is C19H32N4O3S. The number of amides is 1. The first-order chi connectivity index (χ1) is 12.7. The number of sulfonamides is 1. The van der Waals surface area contributed by atoms with Crippen molar-refractivity contribution in [2.75, 3.05) is 63.4 Å². The SMILES string of the molecule is Cc1cccc(C)c1N(CC(=O)NCCCN1CCN(C)CC1)S(C)(=O)=O. The maximum Gasteiger partial charge on any atom is 0.240 e. The molecule has 1 N–H and O–H groups in total. The average Bonchev–Trinajstić information content (AvgIpc) is 2.58. The summed E-state index contributed by atoms with van der Waals surface area (Å²) in [4.78, 5) is 17.1. The summed E-state index contributed by atoms with van der Waals surface area (Å²) in [5, 5.41) is 2.86. The lowest BCUT2D eigenvalue weighted by Gasteiger charge is -2.32. The normalized spacial score (nSPS) is 16.3. The topological polar surface area (TPSA) is 73.0 Å². The Morgan fingerprint density at radius 3 is 2.30 bits per heavy atom. The third-order valence-corrected chi connectivity index (χ3v) is 6.06. The summed E-state index contributed by atoms with van der Waals surface area (Å²) < 4.78 is 25.7. The molecule has 0 unspecified atom stereocenters. The van der Waals surface area contributed by atoms with Gasteiger partial charge in [0.25, 0.3) is 0 Å². The molecule has 0 saturated carbocycles. The van der Waals surface area contributed by atoms with E-state index in [0.717, 1.165) is 56.5 Å². The van der Waals surface area contributed by atoms with Gasteiger partial charge < -0.3 is 15.1 Å². The number of benzene rings is 1. The van der Waals surface area contributed by atoms with Crippen molar-refractivity contribution in [2.24, 2.45) is 0 Å². The number of para-hydroxylation sites is 1. The Bertz CT molecular complexity index is 723. The number of anilines is 1. The number of carbonyl (C=O) groups excluding carboxylic acids is 1. The summed E-state index contributed by atoms with van der Waals surface area (Å²) in [5.74, 6) is -0.276. The highest BCUT2D eigenvalue weighted by Crippen LogP contribution is 2.26. The molecule has 2 rings (SSSR count). The van der Waals surface area contributed by atoms with Crippen molar-refractivity contribution in [3.8, 4) is 0 Å². The molecule has 1 aliphatic rings. The number of hydrogen-bond acceptors (Lipinski definition) is 5. The Morgan fingerprint density at radius 2 is 1.74 bits per heavy atom. The molecule has 1 saturated heterocycles. The molecule has 0 spiro atoms. The number of nitrogens with one attached hydrogen (secondary N) is 1. The fraction of sp³-hybridized carbons (Fsp3) is 0.632. The predicted molar refractivity (Wildman–Crippen MR) is 110 cm³/mol. The van der Waals surface area contributed by atoms with Crippen LogP contribution in [0.25, 0.3) is 0 Å². The fourth-order valence-electron chi connectivity index (χ4n) is 3.35. The van der Waals surface area contributed by atoms with E-state index in [0.29, 0.717) is 12.2 Å². The largest absolute Gasteiger partial charge is 0.354 e. The van der Waals surface area contributed by atoms with Crippen LogP contribution < -0.4 is 9.62 Å². The Hall–Kier alpha value is -1.64. The van der Waals surface area contributed by atoms with Gasteiger partial charge in [-0.2, -0.15) is 0 Å². The third kappa shape index (κ3) is 6.48. The molecule has 0 atom stereocenters. The summed E-state index contributed by atoms with van der Waals surface area (Å²) in [6.45, 7) is 9.27. The van der Waals surface area contributed by atoms with E-state index in [1.165, 1.54) is 4.31 Å². The van der Waals surface area contributed by atoms with Gasteiger partial charge in [-0.1, -0.05) is 18.2 Å². The van der Waals surface area contributed by atoms with E-state index in [9.17, 15) is 13.2 Å². The van der Waals surface area contributed by atoms with Gasteiger partial charge in [-0.05, 0) is 45.0 Å². The van der Waals surface area contributed by atoms with E-state index in [-0.39, 0.29) is 12.5 Å². The van der Waals surface area contributed by atoms with E-state index < -0.39 is 10.0 Å². The van der Waals surface area contributed by atoms with E-state index in [1.54, 1.807) is 0 Å². The van der Waals surface area contributed by atoms with Crippen molar-refractivity contribution in [1.82, 2.24) is 15.1 Å². The lowest BCUT2D eigenvalue weighted by atomic mass is 10.1. The number of likely N-dealkylation sites (N-methyl/N-ethyl adjacent to an activating group) is 1. The van der Waals surface area contributed by atoms with Gasteiger partial charge in [0.1, 0.15) is 6.54 Å². The van der Waals surface area contributed by atoms with Crippen LogP contribution in [0.1, 0.15) is 17.5 Å². The maximum absolute atomic E-state index is 12.4. The van der Waals surface area contributed by atoms with Gasteiger partial charge in [-0.3, -0.25) is 9.10 Å². The van der Waals surface area contributed by atoms with Crippen LogP contribution in [-0.4, -0.2) is 83.2 Å². The number of nitrogens with zero attached hydrogens (tertiary/aromatic N) is 3. The molecule has 1 fully saturated rings. The summed E-state index contributed by atoms with van der Waals surface area (Å²) in [6.07, 6.45) is 2.00. The minimum absolute atomic E-state index is 0.195. The molecule has 1 heterocycles. The second-order valence-corrected chi connectivity index (χ2v) is 9.27. The fourth-order valence-corrected chi connectivity index (χ4v) is 4.32. The van der Waals surface area contributed by atoms with Crippen molar-refractivity contribution in [3.05, 3.63) is 29.3 Å². The van der Waals surface area contributed by atoms with Gasteiger partial charge in [0, 0.05) is 32.7 Å². The molecule has 0 radical (unpaired) electrons. The zero-order valence-corrected chi connectivity index (χ0v) is 17.7. The highest BCUT2D eigenvalue weighted by molar-refractivity contribution is 7.92. The van der Waals surface area contributed by atoms with Gasteiger partial charge in [0.2, 0.25) is 15.9 Å². The lowest BCUT2D eigenvalue weighted by Crippen LogP contribution is -2.45. The first-order valence-corrected chi connectivity index (χ1v) is 11.2. The van der Waals surface area contributed by atoms with Crippen molar-refractivity contribution in [2.45, 2.75) is 20.3 Å². The minimum atomic E-state index is -3.55. The lowest BCUT2D eigenvalue weighted by molar-refractivity contribution is -0.119. The molecule has 7 nitrogen and oxygen atoms in total. The average molecular weight is 397 g/mol. The van der Waals surface area contributed by atoms with E-state index in [2.05, 4.69) is 22.2 Å². The first-order valence-electron chi connectivity index (χ1n) is 9.40. The summed E-state index contributed by atoms with van der Waals surface area (Å²) in [7, 11) is -1.43. The molecule has 0 bridgehead atoms. The quantitative estimate of drug-likeness (QED) is 0.659. The van der Waals surface area contributed by atoms with Crippen molar-refractivity contribution >= 4 is 21.6 Å². The number of piperazine rings is 1. The monoisotopic (exact) mass is 396 g/mol. The molecule has 1 amide bonds. The van der Waals surface area contributed by atoms with Gasteiger partial charge in [-0.15, -0.1) is 0 Å². The Balaban J connectivity index is 1.88. The van der Waals surface area contributed by atoms with Crippen LogP contribution in [-0.2, 0) is 14.8 Å². The maximum atomic E-state index is 12.4. The van der Waals surface area contributed by atoms with Gasteiger partial charge in [0.15, 0.2) is 0 Å². The highest BCUT2D eigenvalue weighted by atomic mass is 32.2. The number of hydrogen-bond donors (Lipinski definition) is 1. The summed E-state index contributed by atoms with van der Waals surface area (Å²) in [6, 6.07) is 5.59. The standard InChI is InChI=1S/C19H32N4O3S/c1-16-7-5-8-17(2)19(16)23(27(4,25)26)15-18(24)20-9-6-10-22-13-11-21(3)12-14-22/h5,7-8H,6,9-15H2,1-4H3,(H,20,24). The minimum Gasteiger partial charge on any atom is -0.354 e. The first kappa shape index (κ1) is 21.7. The van der Waals surface area contributed by atoms with E-state index >= 15 is 0 Å². The Kier molecular flexibility index (Phi) is 7.64. The molecule has 27 heavy (non-hydrogen) atoms. The zero-order valence-electron chi connectivity index (χ0n) is 16.9. The van der Waals surface area contributed by atoms with Crippen LogP contribution >= 0.6 is 0 Å². The molecule has 1 aromatic carbocycles. The predicted octanol–water partition coefficient (Wildman–Crippen LogP) is 0.823. The van der Waals surface area contributed by atoms with Crippen molar-refractivity contribution in [3.63, 3.8) is 0 Å². The molecule has 0 aliphatic carbocycles. The van der Waals surface area contributed by atoms with E-state index in [4.69, 9.17) is 0 Å². The third-order valence-electron chi connectivity index (χ3n) is 4.95. The Morgan fingerprint density at radius 1 is 1.15 bits per heavy atom. The van der Waals surface area contributed by atoms with Crippen LogP contribution in [0.15, 0.2) is 18.2 Å². The molecule has 8 heteroatoms. The molecule has 1 aliphatic heterocycles. The summed E-state index contributed by atoms with van der Waals surface area (Å²) >= 11 is 0. The highest BCUT2D eigenvalue weighted by Gasteiger charge is 2.23. The summed E-state index contributed by atoms with van der Waals surface area (Å²) in [5.41, 5.74) is 2.26. The molecular weight excluding hydrogens is 364 g/mol. The molecule has 0 aromatic heterocycles. The number of carbonyl (C=O) groups is 1. The number of rotatable bonds is 8. The van der Waals surface area contributed by atoms with Crippen LogP contribution in [0.5, 0.6) is 0 Å². The van der Waals surface area contributed by atoms with Crippen LogP contribution in [0, 0.1) is 13.8 Å². The van der Waals surface area contributed by atoms with E-state index in [1.807, 2.05) is 32.0 Å². The van der Waals surface area contributed by atoms with Gasteiger partial charge in [-0.25, -0.2) is 8.42 Å².